The van der Waals surface area contributed by atoms with E-state index in [9.17, 15) is 0 Å². The molecule has 130 valence electrons. The summed E-state index contributed by atoms with van der Waals surface area (Å²) in [6.45, 7) is 8.17. The summed E-state index contributed by atoms with van der Waals surface area (Å²) in [5.41, 5.74) is 3.65. The van der Waals surface area contributed by atoms with Crippen LogP contribution in [0.4, 0.5) is 0 Å². The van der Waals surface area contributed by atoms with Gasteiger partial charge in [-0.1, -0.05) is 24.3 Å². The number of benzene rings is 2. The third-order valence-corrected chi connectivity index (χ3v) is 5.45. The summed E-state index contributed by atoms with van der Waals surface area (Å²) < 4.78 is 18.0. The van der Waals surface area contributed by atoms with Crippen LogP contribution in [0.2, 0.25) is 0 Å². The molecule has 0 unspecified atom stereocenters. The predicted molar refractivity (Wildman–Crippen MR) is 102 cm³/mol. The van der Waals surface area contributed by atoms with Crippen molar-refractivity contribution in [3.63, 3.8) is 0 Å². The minimum absolute atomic E-state index is 0.372. The van der Waals surface area contributed by atoms with Crippen molar-refractivity contribution in [2.75, 3.05) is 0 Å². The van der Waals surface area contributed by atoms with Crippen LogP contribution in [0.5, 0.6) is 0 Å². The molecular formula is C21H20BNO3. The molecule has 4 rings (SSSR count). The standard InChI is InChI=1S/C21H20BNO3/c1-20(2)21(3,4)26-22(25-20)16-9-10-17-18(13-24-19(17)11-16)15-7-5-14(12-23)6-8-15/h5-11,13H,1-4H3. The summed E-state index contributed by atoms with van der Waals surface area (Å²) in [6.07, 6.45) is 1.75. The maximum atomic E-state index is 8.95. The molecule has 1 aromatic heterocycles. The Kier molecular flexibility index (Phi) is 3.73. The van der Waals surface area contributed by atoms with Gasteiger partial charge in [0.2, 0.25) is 0 Å². The number of furan rings is 1. The monoisotopic (exact) mass is 345 g/mol. The van der Waals surface area contributed by atoms with E-state index in [1.165, 1.54) is 0 Å². The summed E-state index contributed by atoms with van der Waals surface area (Å²) in [5.74, 6) is 0. The van der Waals surface area contributed by atoms with Crippen LogP contribution in [0, 0.1) is 11.3 Å². The Bertz CT molecular complexity index is 996. The van der Waals surface area contributed by atoms with Crippen LogP contribution in [0.15, 0.2) is 53.1 Å². The molecule has 3 aromatic rings. The van der Waals surface area contributed by atoms with E-state index in [0.29, 0.717) is 5.56 Å². The Morgan fingerprint density at radius 2 is 1.58 bits per heavy atom. The first-order valence-corrected chi connectivity index (χ1v) is 8.68. The lowest BCUT2D eigenvalue weighted by atomic mass is 9.79. The van der Waals surface area contributed by atoms with Crippen molar-refractivity contribution in [3.8, 4) is 17.2 Å². The summed E-state index contributed by atoms with van der Waals surface area (Å²) >= 11 is 0. The average molecular weight is 345 g/mol. The minimum atomic E-state index is -0.409. The molecule has 5 heteroatoms. The molecule has 1 fully saturated rings. The van der Waals surface area contributed by atoms with Gasteiger partial charge in [-0.15, -0.1) is 0 Å². The van der Waals surface area contributed by atoms with Crippen LogP contribution in [0.25, 0.3) is 22.1 Å². The van der Waals surface area contributed by atoms with Crippen LogP contribution >= 0.6 is 0 Å². The Balaban J connectivity index is 1.69. The van der Waals surface area contributed by atoms with Crippen LogP contribution < -0.4 is 5.46 Å². The van der Waals surface area contributed by atoms with E-state index in [0.717, 1.165) is 27.6 Å². The molecule has 0 saturated carbocycles. The largest absolute Gasteiger partial charge is 0.494 e. The van der Waals surface area contributed by atoms with Gasteiger partial charge in [0.05, 0.1) is 29.1 Å². The summed E-state index contributed by atoms with van der Waals surface area (Å²) in [7, 11) is -0.409. The van der Waals surface area contributed by atoms with E-state index >= 15 is 0 Å². The topological polar surface area (TPSA) is 55.4 Å². The van der Waals surface area contributed by atoms with Crippen molar-refractivity contribution in [2.45, 2.75) is 38.9 Å². The third-order valence-electron chi connectivity index (χ3n) is 5.45. The van der Waals surface area contributed by atoms with Gasteiger partial charge in [-0.25, -0.2) is 0 Å². The molecule has 1 saturated heterocycles. The van der Waals surface area contributed by atoms with E-state index in [4.69, 9.17) is 19.0 Å². The van der Waals surface area contributed by atoms with Crippen molar-refractivity contribution in [3.05, 3.63) is 54.3 Å². The van der Waals surface area contributed by atoms with Gasteiger partial charge < -0.3 is 13.7 Å². The van der Waals surface area contributed by atoms with Crippen LogP contribution in [-0.4, -0.2) is 18.3 Å². The molecule has 0 aliphatic carbocycles. The normalized spacial score (nSPS) is 18.2. The van der Waals surface area contributed by atoms with Gasteiger partial charge in [-0.05, 0) is 56.9 Å². The van der Waals surface area contributed by atoms with E-state index in [-0.39, 0.29) is 11.2 Å². The van der Waals surface area contributed by atoms with E-state index in [2.05, 4.69) is 6.07 Å². The van der Waals surface area contributed by atoms with E-state index in [1.807, 2.05) is 70.2 Å². The van der Waals surface area contributed by atoms with Crippen molar-refractivity contribution in [2.24, 2.45) is 0 Å². The molecule has 1 aliphatic heterocycles. The number of hydrogen-bond acceptors (Lipinski definition) is 4. The van der Waals surface area contributed by atoms with Gasteiger partial charge in [-0.2, -0.15) is 5.26 Å². The van der Waals surface area contributed by atoms with Crippen molar-refractivity contribution >= 4 is 23.6 Å². The number of rotatable bonds is 2. The molecule has 0 spiro atoms. The second-order valence-electron chi connectivity index (χ2n) is 7.68. The maximum Gasteiger partial charge on any atom is 0.494 e. The average Bonchev–Trinajstić information content (AvgIpc) is 3.12. The van der Waals surface area contributed by atoms with Gasteiger partial charge in [0, 0.05) is 10.9 Å². The highest BCUT2D eigenvalue weighted by Gasteiger charge is 2.51. The Morgan fingerprint density at radius 3 is 2.19 bits per heavy atom. The van der Waals surface area contributed by atoms with Gasteiger partial charge in [0.15, 0.2) is 0 Å². The minimum Gasteiger partial charge on any atom is -0.464 e. The number of hydrogen-bond donors (Lipinski definition) is 0. The van der Waals surface area contributed by atoms with Crippen molar-refractivity contribution < 1.29 is 13.7 Å². The smallest absolute Gasteiger partial charge is 0.464 e. The van der Waals surface area contributed by atoms with Crippen molar-refractivity contribution in [1.29, 1.82) is 5.26 Å². The highest BCUT2D eigenvalue weighted by Crippen LogP contribution is 2.37. The quantitative estimate of drug-likeness (QED) is 0.651. The predicted octanol–water partition coefficient (Wildman–Crippen LogP) is 4.27. The second-order valence-corrected chi connectivity index (χ2v) is 7.68. The number of nitrogens with zero attached hydrogens (tertiary/aromatic N) is 1. The Hall–Kier alpha value is -2.55. The highest BCUT2D eigenvalue weighted by atomic mass is 16.7. The molecule has 0 N–H and O–H groups in total. The third kappa shape index (κ3) is 2.63. The lowest BCUT2D eigenvalue weighted by Crippen LogP contribution is -2.41. The molecule has 0 amide bonds. The Morgan fingerprint density at radius 1 is 0.923 bits per heavy atom. The summed E-state index contributed by atoms with van der Waals surface area (Å²) in [4.78, 5) is 0. The molecule has 0 radical (unpaired) electrons. The van der Waals surface area contributed by atoms with Crippen LogP contribution in [0.1, 0.15) is 33.3 Å². The molecule has 0 bridgehead atoms. The summed E-state index contributed by atoms with van der Waals surface area (Å²) in [6, 6.07) is 15.7. The molecular weight excluding hydrogens is 325 g/mol. The van der Waals surface area contributed by atoms with Gasteiger partial charge in [-0.3, -0.25) is 0 Å². The van der Waals surface area contributed by atoms with E-state index in [1.54, 1.807) is 6.26 Å². The zero-order valence-electron chi connectivity index (χ0n) is 15.4. The number of nitriles is 1. The molecule has 0 atom stereocenters. The molecule has 4 nitrogen and oxygen atoms in total. The maximum absolute atomic E-state index is 8.95. The molecule has 1 aliphatic rings. The zero-order chi connectivity index (χ0) is 18.5. The van der Waals surface area contributed by atoms with Crippen LogP contribution in [-0.2, 0) is 9.31 Å². The fourth-order valence-corrected chi connectivity index (χ4v) is 3.12. The zero-order valence-corrected chi connectivity index (χ0v) is 15.4. The second kappa shape index (κ2) is 5.73. The lowest BCUT2D eigenvalue weighted by Gasteiger charge is -2.32. The molecule has 2 heterocycles. The summed E-state index contributed by atoms with van der Waals surface area (Å²) in [5, 5.41) is 9.97. The SMILES string of the molecule is CC1(C)OB(c2ccc3c(-c4ccc(C#N)cc4)coc3c2)OC1(C)C. The molecule has 26 heavy (non-hydrogen) atoms. The first-order chi connectivity index (χ1) is 12.3. The van der Waals surface area contributed by atoms with E-state index < -0.39 is 7.12 Å². The first kappa shape index (κ1) is 16.9. The van der Waals surface area contributed by atoms with Gasteiger partial charge >= 0.3 is 7.12 Å². The fourth-order valence-electron chi connectivity index (χ4n) is 3.12. The van der Waals surface area contributed by atoms with Gasteiger partial charge in [0.25, 0.3) is 0 Å². The van der Waals surface area contributed by atoms with Gasteiger partial charge in [0.1, 0.15) is 5.58 Å². The van der Waals surface area contributed by atoms with Crippen molar-refractivity contribution in [1.82, 2.24) is 0 Å². The fraction of sp³-hybridized carbons (Fsp3) is 0.286. The van der Waals surface area contributed by atoms with Crippen LogP contribution in [0.3, 0.4) is 0 Å². The molecule has 2 aromatic carbocycles. The first-order valence-electron chi connectivity index (χ1n) is 8.68. The highest BCUT2D eigenvalue weighted by molar-refractivity contribution is 6.62. The lowest BCUT2D eigenvalue weighted by molar-refractivity contribution is 0.00578. The Labute approximate surface area is 153 Å². The number of fused-ring (bicyclic) bond motifs is 1.